The number of carbonyl (C=O) groups is 1. The molecule has 152 valence electrons. The average Bonchev–Trinajstić information content (AvgIpc) is 3.30. The Balaban J connectivity index is 1.42. The maximum atomic E-state index is 12.7. The van der Waals surface area contributed by atoms with Crippen molar-refractivity contribution in [1.82, 2.24) is 20.4 Å². The van der Waals surface area contributed by atoms with E-state index < -0.39 is 6.23 Å². The minimum Gasteiger partial charge on any atom is -0.397 e. The van der Waals surface area contributed by atoms with E-state index in [1.165, 1.54) is 17.8 Å². The van der Waals surface area contributed by atoms with E-state index in [4.69, 9.17) is 5.73 Å². The number of aliphatic hydroxyl groups is 1. The van der Waals surface area contributed by atoms with Gasteiger partial charge >= 0.3 is 0 Å². The van der Waals surface area contributed by atoms with E-state index in [-0.39, 0.29) is 12.0 Å². The van der Waals surface area contributed by atoms with Gasteiger partial charge in [0.25, 0.3) is 0 Å². The first kappa shape index (κ1) is 19.5. The van der Waals surface area contributed by atoms with E-state index >= 15 is 0 Å². The molecule has 1 amide bonds. The maximum absolute atomic E-state index is 12.7. The number of thiophene rings is 1. The number of nitrogens with zero attached hydrogens (tertiary/aromatic N) is 3. The summed E-state index contributed by atoms with van der Waals surface area (Å²) in [7, 11) is 0. The number of nitrogens with two attached hydrogens (primary N) is 1. The first-order valence-corrected chi connectivity index (χ1v) is 11.0. The third kappa shape index (κ3) is 3.60. The molecule has 2 aromatic heterocycles. The highest BCUT2D eigenvalue weighted by molar-refractivity contribution is 7.19. The number of hydrogen-bond donors (Lipinski definition) is 3. The van der Waals surface area contributed by atoms with Crippen molar-refractivity contribution in [2.24, 2.45) is 5.92 Å². The monoisotopic (exact) mass is 403 g/mol. The SMILES string of the molecule is Cc1nnc2sc(C(O)NC3CCN(C(=O)C4CCCCC4)C3)c(N)c2c1C. The molecule has 1 aliphatic carbocycles. The normalized spacial score (nSPS) is 22.1. The van der Waals surface area contributed by atoms with Crippen molar-refractivity contribution in [3.05, 3.63) is 16.1 Å². The average molecular weight is 404 g/mol. The summed E-state index contributed by atoms with van der Waals surface area (Å²) in [6, 6.07) is 0.0704. The van der Waals surface area contributed by atoms with Crippen LogP contribution in [0, 0.1) is 19.8 Å². The Kier molecular flexibility index (Phi) is 5.53. The van der Waals surface area contributed by atoms with Crippen molar-refractivity contribution in [3.63, 3.8) is 0 Å². The Labute approximate surface area is 169 Å². The molecule has 0 spiro atoms. The number of nitrogen functional groups attached to an aromatic ring is 1. The highest BCUT2D eigenvalue weighted by Gasteiger charge is 2.33. The summed E-state index contributed by atoms with van der Waals surface area (Å²) in [4.78, 5) is 16.1. The molecule has 0 radical (unpaired) electrons. The summed E-state index contributed by atoms with van der Waals surface area (Å²) >= 11 is 1.38. The lowest BCUT2D eigenvalue weighted by atomic mass is 9.88. The van der Waals surface area contributed by atoms with Crippen LogP contribution in [0.1, 0.15) is 60.9 Å². The number of fused-ring (bicyclic) bond motifs is 1. The smallest absolute Gasteiger partial charge is 0.225 e. The molecular formula is C20H29N5O2S. The van der Waals surface area contributed by atoms with Gasteiger partial charge < -0.3 is 15.7 Å². The van der Waals surface area contributed by atoms with Crippen molar-refractivity contribution in [2.75, 3.05) is 18.8 Å². The van der Waals surface area contributed by atoms with Gasteiger partial charge in [0.05, 0.1) is 16.3 Å². The van der Waals surface area contributed by atoms with Crippen LogP contribution in [-0.4, -0.2) is 45.2 Å². The van der Waals surface area contributed by atoms with Gasteiger partial charge in [0.2, 0.25) is 5.91 Å². The van der Waals surface area contributed by atoms with Crippen LogP contribution < -0.4 is 11.1 Å². The van der Waals surface area contributed by atoms with E-state index in [1.807, 2.05) is 18.7 Å². The van der Waals surface area contributed by atoms with Crippen molar-refractivity contribution >= 4 is 33.1 Å². The minimum absolute atomic E-state index is 0.0704. The topological polar surface area (TPSA) is 104 Å². The molecule has 8 heteroatoms. The Bertz CT molecular complexity index is 877. The van der Waals surface area contributed by atoms with Crippen molar-refractivity contribution in [2.45, 2.75) is 64.6 Å². The molecular weight excluding hydrogens is 374 g/mol. The first-order valence-electron chi connectivity index (χ1n) is 10.2. The molecule has 0 aromatic carbocycles. The summed E-state index contributed by atoms with van der Waals surface area (Å²) in [6.07, 6.45) is 5.60. The lowest BCUT2D eigenvalue weighted by Crippen LogP contribution is -2.39. The lowest BCUT2D eigenvalue weighted by molar-refractivity contribution is -0.135. The number of rotatable bonds is 4. The molecule has 1 aliphatic heterocycles. The predicted octanol–water partition coefficient (Wildman–Crippen LogP) is 2.65. The third-order valence-corrected chi connectivity index (χ3v) is 7.40. The number of nitrogens with one attached hydrogen (secondary N) is 1. The summed E-state index contributed by atoms with van der Waals surface area (Å²) in [6.45, 7) is 5.29. The molecule has 2 atom stereocenters. The Hall–Kier alpha value is -1.77. The molecule has 4 rings (SSSR count). The number of aromatic nitrogens is 2. The second-order valence-electron chi connectivity index (χ2n) is 8.14. The molecule has 2 aliphatic rings. The van der Waals surface area contributed by atoms with Gasteiger partial charge in [-0.1, -0.05) is 19.3 Å². The van der Waals surface area contributed by atoms with Gasteiger partial charge in [-0.3, -0.25) is 10.1 Å². The molecule has 28 heavy (non-hydrogen) atoms. The van der Waals surface area contributed by atoms with Gasteiger partial charge in [-0.2, -0.15) is 5.10 Å². The predicted molar refractivity (Wildman–Crippen MR) is 111 cm³/mol. The molecule has 2 aromatic rings. The quantitative estimate of drug-likeness (QED) is 0.678. The number of anilines is 1. The van der Waals surface area contributed by atoms with Gasteiger partial charge in [-0.25, -0.2) is 0 Å². The highest BCUT2D eigenvalue weighted by atomic mass is 32.1. The zero-order valence-corrected chi connectivity index (χ0v) is 17.4. The number of likely N-dealkylation sites (tertiary alicyclic amines) is 1. The standard InChI is InChI=1S/C20H29N5O2S/c1-11-12(2)23-24-19-15(11)16(21)17(28-19)18(26)22-14-8-9-25(10-14)20(27)13-6-4-3-5-7-13/h13-14,18,22,26H,3-10,21H2,1-2H3. The Morgan fingerprint density at radius 3 is 2.75 bits per heavy atom. The van der Waals surface area contributed by atoms with Gasteiger partial charge in [0.15, 0.2) is 0 Å². The molecule has 7 nitrogen and oxygen atoms in total. The van der Waals surface area contributed by atoms with Gasteiger partial charge in [0.1, 0.15) is 11.1 Å². The number of aryl methyl sites for hydroxylation is 2. The van der Waals surface area contributed by atoms with E-state index in [0.717, 1.165) is 60.1 Å². The number of hydrogen-bond acceptors (Lipinski definition) is 7. The van der Waals surface area contributed by atoms with E-state index in [2.05, 4.69) is 15.5 Å². The maximum Gasteiger partial charge on any atom is 0.225 e. The largest absolute Gasteiger partial charge is 0.397 e. The van der Waals surface area contributed by atoms with Crippen molar-refractivity contribution < 1.29 is 9.90 Å². The Morgan fingerprint density at radius 2 is 2.00 bits per heavy atom. The highest BCUT2D eigenvalue weighted by Crippen LogP contribution is 2.38. The second kappa shape index (κ2) is 7.93. The Morgan fingerprint density at radius 1 is 1.25 bits per heavy atom. The van der Waals surface area contributed by atoms with Crippen LogP contribution in [0.3, 0.4) is 0 Å². The van der Waals surface area contributed by atoms with E-state index in [1.54, 1.807) is 0 Å². The van der Waals surface area contributed by atoms with Crippen molar-refractivity contribution in [1.29, 1.82) is 0 Å². The summed E-state index contributed by atoms with van der Waals surface area (Å²) in [5.74, 6) is 0.488. The lowest BCUT2D eigenvalue weighted by Gasteiger charge is -2.26. The van der Waals surface area contributed by atoms with Gasteiger partial charge in [0, 0.05) is 30.4 Å². The summed E-state index contributed by atoms with van der Waals surface area (Å²) in [5, 5.41) is 23.3. The number of aliphatic hydroxyl groups excluding tert-OH is 1. The number of amides is 1. The first-order chi connectivity index (χ1) is 13.5. The number of carbonyl (C=O) groups excluding carboxylic acids is 1. The fourth-order valence-corrected chi connectivity index (χ4v) is 5.51. The fraction of sp³-hybridized carbons (Fsp3) is 0.650. The summed E-state index contributed by atoms with van der Waals surface area (Å²) < 4.78 is 0. The van der Waals surface area contributed by atoms with E-state index in [9.17, 15) is 9.90 Å². The van der Waals surface area contributed by atoms with Crippen LogP contribution in [0.5, 0.6) is 0 Å². The second-order valence-corrected chi connectivity index (χ2v) is 9.18. The third-order valence-electron chi connectivity index (χ3n) is 6.26. The van der Waals surface area contributed by atoms with Crippen LogP contribution in [0.2, 0.25) is 0 Å². The fourth-order valence-electron chi connectivity index (χ4n) is 4.46. The molecule has 4 N–H and O–H groups in total. The molecule has 1 saturated heterocycles. The summed E-state index contributed by atoms with van der Waals surface area (Å²) in [5.41, 5.74) is 8.76. The molecule has 2 fully saturated rings. The van der Waals surface area contributed by atoms with Gasteiger partial charge in [-0.05, 0) is 38.7 Å². The van der Waals surface area contributed by atoms with Crippen LogP contribution in [-0.2, 0) is 4.79 Å². The van der Waals surface area contributed by atoms with Gasteiger partial charge in [-0.15, -0.1) is 16.4 Å². The van der Waals surface area contributed by atoms with Crippen molar-refractivity contribution in [3.8, 4) is 0 Å². The molecule has 0 bridgehead atoms. The van der Waals surface area contributed by atoms with Crippen LogP contribution >= 0.6 is 11.3 Å². The van der Waals surface area contributed by atoms with Crippen LogP contribution in [0.25, 0.3) is 10.2 Å². The van der Waals surface area contributed by atoms with E-state index in [0.29, 0.717) is 23.0 Å². The zero-order valence-electron chi connectivity index (χ0n) is 16.6. The van der Waals surface area contributed by atoms with Crippen LogP contribution in [0.4, 0.5) is 5.69 Å². The molecule has 2 unspecified atom stereocenters. The zero-order chi connectivity index (χ0) is 19.8. The minimum atomic E-state index is -0.867. The molecule has 3 heterocycles. The van der Waals surface area contributed by atoms with Crippen LogP contribution in [0.15, 0.2) is 0 Å². The molecule has 1 saturated carbocycles.